The second kappa shape index (κ2) is 4.02. The molecule has 1 radical (unpaired) electrons. The third kappa shape index (κ3) is 3.69. The van der Waals surface area contributed by atoms with Gasteiger partial charge in [-0.2, -0.15) is 0 Å². The lowest BCUT2D eigenvalue weighted by Crippen LogP contribution is -1.83. The fourth-order valence-electron chi connectivity index (χ4n) is 0.165. The molecule has 0 bridgehead atoms. The molecule has 0 nitrogen and oxygen atoms in total. The van der Waals surface area contributed by atoms with Gasteiger partial charge in [0.2, 0.25) is 0 Å². The maximum Gasteiger partial charge on any atom is 0.0187 e. The van der Waals surface area contributed by atoms with Crippen LogP contribution in [0.2, 0.25) is 0 Å². The van der Waals surface area contributed by atoms with Gasteiger partial charge in [0.05, 0.1) is 0 Å². The van der Waals surface area contributed by atoms with Gasteiger partial charge in [0.1, 0.15) is 0 Å². The zero-order valence-corrected chi connectivity index (χ0v) is 5.13. The highest BCUT2D eigenvalue weighted by Crippen LogP contribution is 1.95. The fraction of sp³-hybridized carbons (Fsp3) is 0.500. The van der Waals surface area contributed by atoms with Gasteiger partial charge in [-0.3, -0.25) is 0 Å². The van der Waals surface area contributed by atoms with E-state index in [4.69, 9.17) is 11.6 Å². The summed E-state index contributed by atoms with van der Waals surface area (Å²) in [5.41, 5.74) is 0. The topological polar surface area (TPSA) is 0 Å². The SMILES string of the molecule is [CH2]CC(C)C#CCl. The maximum absolute atomic E-state index is 5.09. The molecule has 0 heterocycles. The first-order chi connectivity index (χ1) is 3.31. The average Bonchev–Trinajstić information content (AvgIpc) is 1.68. The molecule has 0 aromatic rings. The largest absolute Gasteiger partial charge is 0.0827 e. The summed E-state index contributed by atoms with van der Waals surface area (Å²) in [6, 6.07) is 0. The van der Waals surface area contributed by atoms with Gasteiger partial charge in [-0.15, -0.1) is 0 Å². The number of hydrogen-bond acceptors (Lipinski definition) is 0. The van der Waals surface area contributed by atoms with Crippen LogP contribution in [0.3, 0.4) is 0 Å². The van der Waals surface area contributed by atoms with Crippen LogP contribution in [0.15, 0.2) is 0 Å². The highest BCUT2D eigenvalue weighted by Gasteiger charge is 1.86. The Morgan fingerprint density at radius 1 is 1.86 bits per heavy atom. The molecule has 0 aliphatic carbocycles. The molecule has 1 atom stereocenters. The predicted octanol–water partition coefficient (Wildman–Crippen LogP) is 2.05. The third-order valence-corrected chi connectivity index (χ3v) is 0.843. The van der Waals surface area contributed by atoms with Crippen molar-refractivity contribution in [1.82, 2.24) is 0 Å². The molecule has 0 aliphatic rings. The lowest BCUT2D eigenvalue weighted by Gasteiger charge is -1.91. The van der Waals surface area contributed by atoms with Gasteiger partial charge in [-0.25, -0.2) is 0 Å². The first-order valence-corrected chi connectivity index (χ1v) is 2.59. The van der Waals surface area contributed by atoms with Crippen molar-refractivity contribution < 1.29 is 0 Å². The van der Waals surface area contributed by atoms with E-state index in [1.807, 2.05) is 6.92 Å². The standard InChI is InChI=1S/C6H8Cl/c1-3-6(2)4-5-7/h6H,1,3H2,2H3. The summed E-state index contributed by atoms with van der Waals surface area (Å²) in [5.74, 6) is 3.09. The Bertz CT molecular complexity index is 86.1. The van der Waals surface area contributed by atoms with Gasteiger partial charge in [-0.05, 0) is 18.0 Å². The molecule has 0 saturated heterocycles. The van der Waals surface area contributed by atoms with Crippen molar-refractivity contribution in [1.29, 1.82) is 0 Å². The van der Waals surface area contributed by atoms with Crippen LogP contribution >= 0.6 is 11.6 Å². The minimum Gasteiger partial charge on any atom is -0.0827 e. The number of rotatable bonds is 1. The van der Waals surface area contributed by atoms with Crippen LogP contribution in [-0.4, -0.2) is 0 Å². The van der Waals surface area contributed by atoms with Gasteiger partial charge < -0.3 is 0 Å². The summed E-state index contributed by atoms with van der Waals surface area (Å²) in [6.07, 6.45) is 0.833. The van der Waals surface area contributed by atoms with Crippen molar-refractivity contribution >= 4 is 11.6 Å². The molecule has 0 fully saturated rings. The van der Waals surface area contributed by atoms with Crippen LogP contribution in [0, 0.1) is 24.1 Å². The molecule has 1 unspecified atom stereocenters. The Morgan fingerprint density at radius 3 is 2.57 bits per heavy atom. The first kappa shape index (κ1) is 6.85. The van der Waals surface area contributed by atoms with Gasteiger partial charge >= 0.3 is 0 Å². The molecule has 0 amide bonds. The van der Waals surface area contributed by atoms with Crippen molar-refractivity contribution in [3.63, 3.8) is 0 Å². The maximum atomic E-state index is 5.09. The number of hydrogen-bond donors (Lipinski definition) is 0. The molecule has 0 N–H and O–H groups in total. The van der Waals surface area contributed by atoms with Crippen LogP contribution in [-0.2, 0) is 0 Å². The van der Waals surface area contributed by atoms with Crippen LogP contribution in [0.1, 0.15) is 13.3 Å². The van der Waals surface area contributed by atoms with E-state index in [9.17, 15) is 0 Å². The van der Waals surface area contributed by atoms with Crippen LogP contribution < -0.4 is 0 Å². The van der Waals surface area contributed by atoms with Crippen LogP contribution in [0.25, 0.3) is 0 Å². The summed E-state index contributed by atoms with van der Waals surface area (Å²) < 4.78 is 0. The lowest BCUT2D eigenvalue weighted by molar-refractivity contribution is 0.771. The summed E-state index contributed by atoms with van der Waals surface area (Å²) in [5, 5.41) is 2.30. The van der Waals surface area contributed by atoms with E-state index in [-0.39, 0.29) is 0 Å². The quantitative estimate of drug-likeness (QED) is 0.459. The predicted molar refractivity (Wildman–Crippen MR) is 32.8 cm³/mol. The Kier molecular flexibility index (Phi) is 3.93. The van der Waals surface area contributed by atoms with Crippen molar-refractivity contribution in [3.05, 3.63) is 6.92 Å². The van der Waals surface area contributed by atoms with Crippen LogP contribution in [0.4, 0.5) is 0 Å². The zero-order chi connectivity index (χ0) is 5.70. The minimum absolute atomic E-state index is 0.345. The summed E-state index contributed by atoms with van der Waals surface area (Å²) in [7, 11) is 0. The molecule has 0 aromatic heterocycles. The molecule has 0 aromatic carbocycles. The third-order valence-electron chi connectivity index (χ3n) is 0.734. The molecular weight excluding hydrogens is 108 g/mol. The Labute approximate surface area is 49.9 Å². The fourth-order valence-corrected chi connectivity index (χ4v) is 0.352. The van der Waals surface area contributed by atoms with Gasteiger partial charge in [-0.1, -0.05) is 19.8 Å². The van der Waals surface area contributed by atoms with Crippen molar-refractivity contribution in [2.24, 2.45) is 5.92 Å². The molecule has 1 heteroatoms. The molecule has 0 saturated carbocycles. The first-order valence-electron chi connectivity index (χ1n) is 2.21. The normalized spacial score (nSPS) is 11.9. The molecular formula is C6H8Cl. The lowest BCUT2D eigenvalue weighted by atomic mass is 10.1. The van der Waals surface area contributed by atoms with E-state index in [1.54, 1.807) is 0 Å². The van der Waals surface area contributed by atoms with E-state index in [0.717, 1.165) is 6.42 Å². The monoisotopic (exact) mass is 115 g/mol. The number of halogens is 1. The average molecular weight is 116 g/mol. The Morgan fingerprint density at radius 2 is 2.43 bits per heavy atom. The van der Waals surface area contributed by atoms with E-state index in [0.29, 0.717) is 5.92 Å². The van der Waals surface area contributed by atoms with Gasteiger partial charge in [0.15, 0.2) is 0 Å². The molecule has 0 aliphatic heterocycles. The van der Waals surface area contributed by atoms with Crippen molar-refractivity contribution in [3.8, 4) is 11.3 Å². The smallest absolute Gasteiger partial charge is 0.0187 e. The summed E-state index contributed by atoms with van der Waals surface area (Å²) >= 11 is 5.09. The van der Waals surface area contributed by atoms with Gasteiger partial charge in [0, 0.05) is 11.3 Å². The minimum atomic E-state index is 0.345. The summed E-state index contributed by atoms with van der Waals surface area (Å²) in [4.78, 5) is 0. The van der Waals surface area contributed by atoms with E-state index >= 15 is 0 Å². The highest BCUT2D eigenvalue weighted by atomic mass is 35.5. The molecule has 39 valence electrons. The van der Waals surface area contributed by atoms with Crippen molar-refractivity contribution in [2.75, 3.05) is 0 Å². The summed E-state index contributed by atoms with van der Waals surface area (Å²) in [6.45, 7) is 5.63. The highest BCUT2D eigenvalue weighted by molar-refractivity contribution is 6.30. The Hall–Kier alpha value is -0.150. The van der Waals surface area contributed by atoms with Gasteiger partial charge in [0.25, 0.3) is 0 Å². The van der Waals surface area contributed by atoms with E-state index in [2.05, 4.69) is 18.2 Å². The van der Waals surface area contributed by atoms with E-state index < -0.39 is 0 Å². The zero-order valence-electron chi connectivity index (χ0n) is 4.37. The Balaban J connectivity index is 3.29. The van der Waals surface area contributed by atoms with Crippen molar-refractivity contribution in [2.45, 2.75) is 13.3 Å². The molecule has 0 spiro atoms. The van der Waals surface area contributed by atoms with E-state index in [1.165, 1.54) is 0 Å². The molecule has 7 heavy (non-hydrogen) atoms. The second-order valence-electron chi connectivity index (χ2n) is 1.43. The van der Waals surface area contributed by atoms with Crippen LogP contribution in [0.5, 0.6) is 0 Å². The second-order valence-corrected chi connectivity index (χ2v) is 1.62. The molecule has 0 rings (SSSR count).